The zero-order chi connectivity index (χ0) is 21.6. The van der Waals surface area contributed by atoms with E-state index < -0.39 is 0 Å². The average molecular weight is 432 g/mol. The lowest BCUT2D eigenvalue weighted by molar-refractivity contribution is -0.129. The topological polar surface area (TPSA) is 61.4 Å². The van der Waals surface area contributed by atoms with Crippen LogP contribution in [-0.4, -0.2) is 29.4 Å². The fourth-order valence-electron chi connectivity index (χ4n) is 3.73. The molecule has 2 atom stereocenters. The molecule has 5 nitrogen and oxygen atoms in total. The van der Waals surface area contributed by atoms with Crippen LogP contribution in [0.4, 0.5) is 10.5 Å². The first-order valence-electron chi connectivity index (χ1n) is 10.3. The molecule has 3 amide bonds. The summed E-state index contributed by atoms with van der Waals surface area (Å²) in [4.78, 5) is 29.1. The summed E-state index contributed by atoms with van der Waals surface area (Å²) in [6.07, 6.45) is 0.311. The third-order valence-corrected chi connectivity index (χ3v) is 6.43. The molecule has 1 fully saturated rings. The number of carbonyl (C=O) groups excluding carboxylic acids is 2. The van der Waals surface area contributed by atoms with Crippen molar-refractivity contribution in [1.29, 1.82) is 0 Å². The maximum atomic E-state index is 12.7. The molecule has 158 valence electrons. The summed E-state index contributed by atoms with van der Waals surface area (Å²) in [5, 5.41) is 5.91. The minimum absolute atomic E-state index is 0.0217. The number of anilines is 1. The van der Waals surface area contributed by atoms with E-state index in [0.717, 1.165) is 21.0 Å². The molecular weight excluding hydrogens is 406 g/mol. The Bertz CT molecular complexity index is 1040. The average Bonchev–Trinajstić information content (AvgIpc) is 3.15. The summed E-state index contributed by atoms with van der Waals surface area (Å²) in [5.41, 5.74) is 1.83. The van der Waals surface area contributed by atoms with Crippen molar-refractivity contribution in [1.82, 2.24) is 10.2 Å². The lowest BCUT2D eigenvalue weighted by atomic mass is 10.1. The zero-order valence-corrected chi connectivity index (χ0v) is 18.1. The molecule has 3 aromatic rings. The van der Waals surface area contributed by atoms with E-state index in [-0.39, 0.29) is 24.0 Å². The Morgan fingerprint density at radius 1 is 0.968 bits per heavy atom. The fraction of sp³-hybridized carbons (Fsp3) is 0.200. The maximum absolute atomic E-state index is 12.7. The molecule has 1 saturated heterocycles. The molecule has 6 heteroatoms. The molecule has 0 aromatic heterocycles. The van der Waals surface area contributed by atoms with Crippen molar-refractivity contribution in [3.05, 3.63) is 90.5 Å². The van der Waals surface area contributed by atoms with Gasteiger partial charge in [-0.3, -0.25) is 4.79 Å². The van der Waals surface area contributed by atoms with Crippen molar-refractivity contribution in [3.8, 4) is 0 Å². The summed E-state index contributed by atoms with van der Waals surface area (Å²) in [6.45, 7) is 2.52. The number of carbonyl (C=O) groups is 2. The molecule has 1 heterocycles. The SMILES string of the molecule is CC(c1ccccc1)N1CC(NC(=O)Nc2ccccc2Sc2ccccc2)CC1=O. The van der Waals surface area contributed by atoms with Gasteiger partial charge in [-0.25, -0.2) is 4.79 Å². The Morgan fingerprint density at radius 2 is 1.61 bits per heavy atom. The van der Waals surface area contributed by atoms with Gasteiger partial charge in [-0.2, -0.15) is 0 Å². The lowest BCUT2D eigenvalue weighted by Crippen LogP contribution is -2.40. The van der Waals surface area contributed by atoms with E-state index in [9.17, 15) is 9.59 Å². The number of likely N-dealkylation sites (tertiary alicyclic amines) is 1. The second-order valence-electron chi connectivity index (χ2n) is 7.54. The van der Waals surface area contributed by atoms with Crippen molar-refractivity contribution in [2.24, 2.45) is 0 Å². The van der Waals surface area contributed by atoms with Crippen LogP contribution in [0.5, 0.6) is 0 Å². The number of hydrogen-bond acceptors (Lipinski definition) is 3. The maximum Gasteiger partial charge on any atom is 0.319 e. The third-order valence-electron chi connectivity index (χ3n) is 5.35. The van der Waals surface area contributed by atoms with Gasteiger partial charge in [0.2, 0.25) is 5.91 Å². The number of amides is 3. The van der Waals surface area contributed by atoms with Crippen LogP contribution in [0.25, 0.3) is 0 Å². The van der Waals surface area contributed by atoms with Gasteiger partial charge >= 0.3 is 6.03 Å². The molecule has 0 aliphatic carbocycles. The minimum Gasteiger partial charge on any atom is -0.334 e. The quantitative estimate of drug-likeness (QED) is 0.555. The van der Waals surface area contributed by atoms with Crippen LogP contribution in [0.1, 0.15) is 24.9 Å². The molecule has 0 saturated carbocycles. The Hall–Kier alpha value is -3.25. The van der Waals surface area contributed by atoms with Crippen LogP contribution < -0.4 is 10.6 Å². The Morgan fingerprint density at radius 3 is 2.35 bits per heavy atom. The van der Waals surface area contributed by atoms with Crippen molar-refractivity contribution in [2.45, 2.75) is 35.2 Å². The second kappa shape index (κ2) is 9.71. The fourth-order valence-corrected chi connectivity index (χ4v) is 4.66. The standard InChI is InChI=1S/C25H25N3O2S/c1-18(19-10-4-2-5-11-19)28-17-20(16-24(28)29)26-25(30)27-22-14-8-9-15-23(22)31-21-12-6-3-7-13-21/h2-15,18,20H,16-17H2,1H3,(H2,26,27,30). The molecule has 2 N–H and O–H groups in total. The molecule has 0 radical (unpaired) electrons. The third kappa shape index (κ3) is 5.27. The predicted octanol–water partition coefficient (Wildman–Crippen LogP) is 5.32. The Balaban J connectivity index is 1.37. The van der Waals surface area contributed by atoms with Crippen LogP contribution in [0.2, 0.25) is 0 Å². The molecule has 0 bridgehead atoms. The van der Waals surface area contributed by atoms with Gasteiger partial charge in [0.15, 0.2) is 0 Å². The van der Waals surface area contributed by atoms with Gasteiger partial charge in [0.05, 0.1) is 17.8 Å². The highest BCUT2D eigenvalue weighted by Gasteiger charge is 2.34. The highest BCUT2D eigenvalue weighted by molar-refractivity contribution is 7.99. The van der Waals surface area contributed by atoms with Crippen LogP contribution in [0.15, 0.2) is 94.7 Å². The number of nitrogens with zero attached hydrogens (tertiary/aromatic N) is 1. The summed E-state index contributed by atoms with van der Waals surface area (Å²) in [7, 11) is 0. The molecule has 1 aliphatic rings. The number of rotatable bonds is 6. The second-order valence-corrected chi connectivity index (χ2v) is 8.66. The van der Waals surface area contributed by atoms with Crippen molar-refractivity contribution in [2.75, 3.05) is 11.9 Å². The predicted molar refractivity (Wildman–Crippen MR) is 124 cm³/mol. The van der Waals surface area contributed by atoms with Crippen molar-refractivity contribution in [3.63, 3.8) is 0 Å². The Labute approximate surface area is 186 Å². The summed E-state index contributed by atoms with van der Waals surface area (Å²) in [5.74, 6) is 0.0571. The van der Waals surface area contributed by atoms with E-state index in [0.29, 0.717) is 13.0 Å². The van der Waals surface area contributed by atoms with E-state index in [2.05, 4.69) is 10.6 Å². The normalized spacial score (nSPS) is 16.7. The number of hydrogen-bond donors (Lipinski definition) is 2. The first kappa shape index (κ1) is 21.0. The van der Waals surface area contributed by atoms with Gasteiger partial charge in [0.25, 0.3) is 0 Å². The lowest BCUT2D eigenvalue weighted by Gasteiger charge is -2.25. The number of urea groups is 1. The van der Waals surface area contributed by atoms with Crippen molar-refractivity contribution >= 4 is 29.4 Å². The van der Waals surface area contributed by atoms with E-state index in [1.54, 1.807) is 11.8 Å². The molecule has 2 unspecified atom stereocenters. The van der Waals surface area contributed by atoms with Gasteiger partial charge in [-0.15, -0.1) is 0 Å². The first-order chi connectivity index (χ1) is 15.1. The summed E-state index contributed by atoms with van der Waals surface area (Å²) >= 11 is 1.60. The van der Waals surface area contributed by atoms with Gasteiger partial charge in [-0.1, -0.05) is 72.4 Å². The molecule has 3 aromatic carbocycles. The van der Waals surface area contributed by atoms with E-state index >= 15 is 0 Å². The number of nitrogens with one attached hydrogen (secondary N) is 2. The summed E-state index contributed by atoms with van der Waals surface area (Å²) in [6, 6.07) is 27.2. The molecule has 1 aliphatic heterocycles. The van der Waals surface area contributed by atoms with E-state index in [1.807, 2.05) is 96.8 Å². The van der Waals surface area contributed by atoms with Gasteiger partial charge in [0, 0.05) is 22.8 Å². The summed E-state index contributed by atoms with van der Waals surface area (Å²) < 4.78 is 0. The molecule has 31 heavy (non-hydrogen) atoms. The monoisotopic (exact) mass is 431 g/mol. The van der Waals surface area contributed by atoms with Crippen LogP contribution in [-0.2, 0) is 4.79 Å². The largest absolute Gasteiger partial charge is 0.334 e. The van der Waals surface area contributed by atoms with Crippen LogP contribution >= 0.6 is 11.8 Å². The Kier molecular flexibility index (Phi) is 6.57. The number of para-hydroxylation sites is 1. The van der Waals surface area contributed by atoms with E-state index in [1.165, 1.54) is 0 Å². The van der Waals surface area contributed by atoms with Crippen LogP contribution in [0.3, 0.4) is 0 Å². The number of benzene rings is 3. The highest BCUT2D eigenvalue weighted by Crippen LogP contribution is 2.33. The molecular formula is C25H25N3O2S. The van der Waals surface area contributed by atoms with Gasteiger partial charge in [0.1, 0.15) is 0 Å². The first-order valence-corrected chi connectivity index (χ1v) is 11.2. The highest BCUT2D eigenvalue weighted by atomic mass is 32.2. The zero-order valence-electron chi connectivity index (χ0n) is 17.3. The van der Waals surface area contributed by atoms with E-state index in [4.69, 9.17) is 0 Å². The molecule has 4 rings (SSSR count). The van der Waals surface area contributed by atoms with Gasteiger partial charge in [-0.05, 0) is 36.8 Å². The molecule has 0 spiro atoms. The van der Waals surface area contributed by atoms with Gasteiger partial charge < -0.3 is 15.5 Å². The van der Waals surface area contributed by atoms with Crippen molar-refractivity contribution < 1.29 is 9.59 Å². The smallest absolute Gasteiger partial charge is 0.319 e. The minimum atomic E-state index is -0.298. The van der Waals surface area contributed by atoms with Crippen LogP contribution in [0, 0.1) is 0 Å².